The summed E-state index contributed by atoms with van der Waals surface area (Å²) in [4.78, 5) is 31.6. The standard InChI is InChI=1S/C24H30FN9O/c1-3-17(13-26)23(35)34-8-4-5-19(16-34)29-22-20(25)15-28-24(31-22)30-18-6-7-21(27-14-18)33-11-9-32(2)10-12-33/h3,6-7,14-15,19H,4-5,8-12,16H2,1-2H3,(H2,28,29,30,31)/b17-3+. The zero-order valence-corrected chi connectivity index (χ0v) is 20.0. The average molecular weight is 480 g/mol. The molecule has 0 bridgehead atoms. The molecule has 2 fully saturated rings. The predicted molar refractivity (Wildman–Crippen MR) is 132 cm³/mol. The Morgan fingerprint density at radius 1 is 1.20 bits per heavy atom. The minimum absolute atomic E-state index is 0.0651. The van der Waals surface area contributed by atoms with E-state index in [1.165, 1.54) is 6.08 Å². The normalized spacial score (nSPS) is 19.3. The fraction of sp³-hybridized carbons (Fsp3) is 0.458. The van der Waals surface area contributed by atoms with Gasteiger partial charge >= 0.3 is 0 Å². The Hall–Kier alpha value is -3.78. The molecule has 10 nitrogen and oxygen atoms in total. The SMILES string of the molecule is C/C=C(\C#N)C(=O)N1CCCC(Nc2nc(Nc3ccc(N4CCN(C)CC4)nc3)ncc2F)C1. The van der Waals surface area contributed by atoms with Gasteiger partial charge in [-0.25, -0.2) is 14.4 Å². The van der Waals surface area contributed by atoms with Crippen molar-refractivity contribution < 1.29 is 9.18 Å². The smallest absolute Gasteiger partial charge is 0.264 e. The maximum atomic E-state index is 14.5. The first-order chi connectivity index (χ1) is 17.0. The number of hydrogen-bond acceptors (Lipinski definition) is 9. The first-order valence-corrected chi connectivity index (χ1v) is 11.8. The zero-order chi connectivity index (χ0) is 24.8. The third-order valence-electron chi connectivity index (χ3n) is 6.26. The van der Waals surface area contributed by atoms with E-state index in [9.17, 15) is 9.18 Å². The highest BCUT2D eigenvalue weighted by Gasteiger charge is 2.26. The van der Waals surface area contributed by atoms with Crippen molar-refractivity contribution in [3.8, 4) is 6.07 Å². The molecule has 0 aromatic carbocycles. The van der Waals surface area contributed by atoms with E-state index in [1.807, 2.05) is 18.2 Å². The van der Waals surface area contributed by atoms with Crippen molar-refractivity contribution in [3.63, 3.8) is 0 Å². The lowest BCUT2D eigenvalue weighted by molar-refractivity contribution is -0.127. The number of rotatable bonds is 6. The molecular weight excluding hydrogens is 449 g/mol. The first-order valence-electron chi connectivity index (χ1n) is 11.8. The van der Waals surface area contributed by atoms with Crippen molar-refractivity contribution in [2.24, 2.45) is 0 Å². The third kappa shape index (κ3) is 6.02. The molecular formula is C24H30FN9O. The van der Waals surface area contributed by atoms with Crippen LogP contribution in [-0.2, 0) is 4.79 Å². The Kier molecular flexibility index (Phi) is 7.72. The van der Waals surface area contributed by atoms with Gasteiger partial charge in [-0.2, -0.15) is 10.2 Å². The quantitative estimate of drug-likeness (QED) is 0.476. The summed E-state index contributed by atoms with van der Waals surface area (Å²) in [6.45, 7) is 6.46. The van der Waals surface area contributed by atoms with Crippen LogP contribution in [0.15, 0.2) is 36.2 Å². The summed E-state index contributed by atoms with van der Waals surface area (Å²) < 4.78 is 14.5. The Labute approximate surface area is 204 Å². The highest BCUT2D eigenvalue weighted by atomic mass is 19.1. The summed E-state index contributed by atoms with van der Waals surface area (Å²) in [5.74, 6) is 0.343. The number of hydrogen-bond donors (Lipinski definition) is 2. The second-order valence-corrected chi connectivity index (χ2v) is 8.76. The molecule has 2 aromatic rings. The van der Waals surface area contributed by atoms with E-state index in [0.29, 0.717) is 18.8 Å². The van der Waals surface area contributed by atoms with Crippen molar-refractivity contribution in [2.45, 2.75) is 25.8 Å². The number of pyridine rings is 1. The van der Waals surface area contributed by atoms with Crippen LogP contribution in [0.4, 0.5) is 27.7 Å². The summed E-state index contributed by atoms with van der Waals surface area (Å²) in [6.07, 6.45) is 5.84. The van der Waals surface area contributed by atoms with E-state index < -0.39 is 5.82 Å². The van der Waals surface area contributed by atoms with E-state index in [-0.39, 0.29) is 29.3 Å². The fourth-order valence-electron chi connectivity index (χ4n) is 4.22. The summed E-state index contributed by atoms with van der Waals surface area (Å²) in [6, 6.07) is 5.59. The minimum atomic E-state index is -0.575. The van der Waals surface area contributed by atoms with Crippen LogP contribution in [0.25, 0.3) is 0 Å². The molecule has 2 N–H and O–H groups in total. The van der Waals surface area contributed by atoms with Crippen molar-refractivity contribution in [3.05, 3.63) is 42.0 Å². The minimum Gasteiger partial charge on any atom is -0.363 e. The van der Waals surface area contributed by atoms with Crippen LogP contribution in [0.1, 0.15) is 19.8 Å². The Balaban J connectivity index is 1.39. The topological polar surface area (TPSA) is 113 Å². The molecule has 2 aliphatic heterocycles. The largest absolute Gasteiger partial charge is 0.363 e. The lowest BCUT2D eigenvalue weighted by atomic mass is 10.0. The van der Waals surface area contributed by atoms with Gasteiger partial charge < -0.3 is 25.3 Å². The molecule has 2 aromatic heterocycles. The number of aromatic nitrogens is 3. The number of piperidine rings is 1. The van der Waals surface area contributed by atoms with Gasteiger partial charge in [0.15, 0.2) is 11.6 Å². The highest BCUT2D eigenvalue weighted by Crippen LogP contribution is 2.22. The van der Waals surface area contributed by atoms with Crippen LogP contribution in [0, 0.1) is 17.1 Å². The van der Waals surface area contributed by atoms with Gasteiger partial charge in [0.1, 0.15) is 17.5 Å². The maximum absolute atomic E-state index is 14.5. The second-order valence-electron chi connectivity index (χ2n) is 8.76. The van der Waals surface area contributed by atoms with E-state index in [4.69, 9.17) is 5.26 Å². The lowest BCUT2D eigenvalue weighted by Gasteiger charge is -2.33. The molecule has 35 heavy (non-hydrogen) atoms. The first kappa shape index (κ1) is 24.3. The monoisotopic (exact) mass is 479 g/mol. The van der Waals surface area contributed by atoms with Crippen LogP contribution in [0.2, 0.25) is 0 Å². The fourth-order valence-corrected chi connectivity index (χ4v) is 4.22. The number of likely N-dealkylation sites (N-methyl/N-ethyl adjacent to an activating group) is 1. The van der Waals surface area contributed by atoms with Gasteiger partial charge in [-0.1, -0.05) is 6.08 Å². The van der Waals surface area contributed by atoms with E-state index in [2.05, 4.69) is 42.4 Å². The van der Waals surface area contributed by atoms with Gasteiger partial charge in [-0.3, -0.25) is 4.79 Å². The van der Waals surface area contributed by atoms with Crippen LogP contribution < -0.4 is 15.5 Å². The number of anilines is 4. The van der Waals surface area contributed by atoms with E-state index >= 15 is 0 Å². The van der Waals surface area contributed by atoms with Crippen LogP contribution >= 0.6 is 0 Å². The number of nitriles is 1. The molecule has 0 radical (unpaired) electrons. The summed E-state index contributed by atoms with van der Waals surface area (Å²) in [5, 5.41) is 15.3. The van der Waals surface area contributed by atoms with Gasteiger partial charge in [-0.05, 0) is 38.9 Å². The molecule has 0 saturated carbocycles. The molecule has 4 heterocycles. The van der Waals surface area contributed by atoms with Crippen LogP contribution in [0.5, 0.6) is 0 Å². The number of allylic oxidation sites excluding steroid dienone is 1. The lowest BCUT2D eigenvalue weighted by Crippen LogP contribution is -2.45. The molecule has 2 aliphatic rings. The number of nitrogens with zero attached hydrogens (tertiary/aromatic N) is 7. The molecule has 1 amide bonds. The molecule has 0 spiro atoms. The molecule has 11 heteroatoms. The van der Waals surface area contributed by atoms with Crippen LogP contribution in [-0.4, -0.2) is 83.0 Å². The molecule has 1 unspecified atom stereocenters. The number of nitrogens with one attached hydrogen (secondary N) is 2. The summed E-state index contributed by atoms with van der Waals surface area (Å²) >= 11 is 0. The van der Waals surface area contributed by atoms with Gasteiger partial charge in [0, 0.05) is 45.3 Å². The van der Waals surface area contributed by atoms with Crippen molar-refractivity contribution in [2.75, 3.05) is 61.8 Å². The number of amides is 1. The summed E-state index contributed by atoms with van der Waals surface area (Å²) in [7, 11) is 2.11. The number of piperazine rings is 1. The highest BCUT2D eigenvalue weighted by molar-refractivity contribution is 5.97. The third-order valence-corrected chi connectivity index (χ3v) is 6.26. The van der Waals surface area contributed by atoms with Crippen molar-refractivity contribution in [1.29, 1.82) is 5.26 Å². The maximum Gasteiger partial charge on any atom is 0.264 e. The molecule has 1 atom stereocenters. The summed E-state index contributed by atoms with van der Waals surface area (Å²) in [5.41, 5.74) is 0.808. The Bertz CT molecular complexity index is 1110. The van der Waals surface area contributed by atoms with Gasteiger partial charge in [0.2, 0.25) is 5.95 Å². The van der Waals surface area contributed by atoms with E-state index in [1.54, 1.807) is 18.0 Å². The molecule has 184 valence electrons. The van der Waals surface area contributed by atoms with Crippen molar-refractivity contribution >= 4 is 29.2 Å². The van der Waals surface area contributed by atoms with E-state index in [0.717, 1.165) is 51.0 Å². The molecule has 0 aliphatic carbocycles. The zero-order valence-electron chi connectivity index (χ0n) is 20.0. The van der Waals surface area contributed by atoms with Gasteiger partial charge in [0.05, 0.1) is 18.1 Å². The van der Waals surface area contributed by atoms with Gasteiger partial charge in [-0.15, -0.1) is 0 Å². The van der Waals surface area contributed by atoms with Crippen molar-refractivity contribution in [1.82, 2.24) is 24.8 Å². The molecule has 2 saturated heterocycles. The second kappa shape index (κ2) is 11.1. The predicted octanol–water partition coefficient (Wildman–Crippen LogP) is 2.38. The average Bonchev–Trinajstić information content (AvgIpc) is 2.88. The number of likely N-dealkylation sites (tertiary alicyclic amines) is 1. The Morgan fingerprint density at radius 2 is 2.00 bits per heavy atom. The Morgan fingerprint density at radius 3 is 2.69 bits per heavy atom. The van der Waals surface area contributed by atoms with Gasteiger partial charge in [0.25, 0.3) is 5.91 Å². The number of carbonyl (C=O) groups is 1. The van der Waals surface area contributed by atoms with Crippen LogP contribution in [0.3, 0.4) is 0 Å². The number of halogens is 1. The molecule has 4 rings (SSSR count). The number of carbonyl (C=O) groups excluding carboxylic acids is 1.